The lowest BCUT2D eigenvalue weighted by Gasteiger charge is -2.04. The number of benzene rings is 1. The largest absolute Gasteiger partial charge is 0.488 e. The number of fused-ring (bicyclic) bond motifs is 1. The molecule has 0 atom stereocenters. The molecule has 0 radical (unpaired) electrons. The lowest BCUT2D eigenvalue weighted by atomic mass is 9.80. The van der Waals surface area contributed by atoms with E-state index in [1.807, 2.05) is 5.10 Å². The molecule has 0 aliphatic rings. The maximum Gasteiger partial charge on any atom is 0.488 e. The molecule has 0 fully saturated rings. The molecule has 0 saturated carbocycles. The molecule has 0 unspecified atom stereocenters. The van der Waals surface area contributed by atoms with Crippen LogP contribution in [0.3, 0.4) is 0 Å². The Balaban J connectivity index is 2.65. The molecule has 1 aromatic heterocycles. The quantitative estimate of drug-likeness (QED) is 0.615. The molecule has 16 heavy (non-hydrogen) atoms. The van der Waals surface area contributed by atoms with Crippen LogP contribution in [0.4, 0.5) is 13.2 Å². The second-order valence-electron chi connectivity index (χ2n) is 3.25. The highest BCUT2D eigenvalue weighted by molar-refractivity contribution is 6.58. The van der Waals surface area contributed by atoms with Crippen LogP contribution in [0.2, 0.25) is 0 Å². The molecule has 0 spiro atoms. The summed E-state index contributed by atoms with van der Waals surface area (Å²) in [7, 11) is -1.81. The van der Waals surface area contributed by atoms with Crippen molar-refractivity contribution in [3.63, 3.8) is 0 Å². The van der Waals surface area contributed by atoms with Gasteiger partial charge in [-0.1, -0.05) is 12.1 Å². The Hall–Kier alpha value is -1.54. The van der Waals surface area contributed by atoms with Crippen molar-refractivity contribution in [1.82, 2.24) is 10.2 Å². The highest BCUT2D eigenvalue weighted by atomic mass is 19.4. The second kappa shape index (κ2) is 3.50. The predicted molar refractivity (Wildman–Crippen MR) is 50.9 cm³/mol. The SMILES string of the molecule is OB(O)c1ccc2n[nH]c(C(F)(F)F)c2c1. The fourth-order valence-electron chi connectivity index (χ4n) is 1.40. The number of halogens is 3. The summed E-state index contributed by atoms with van der Waals surface area (Å²) in [5.41, 5.74) is -0.888. The molecule has 1 heterocycles. The highest BCUT2D eigenvalue weighted by Crippen LogP contribution is 2.32. The van der Waals surface area contributed by atoms with E-state index < -0.39 is 19.0 Å². The molecule has 2 rings (SSSR count). The summed E-state index contributed by atoms with van der Waals surface area (Å²) in [6.07, 6.45) is -4.55. The van der Waals surface area contributed by atoms with Gasteiger partial charge in [-0.3, -0.25) is 5.10 Å². The first-order valence-electron chi connectivity index (χ1n) is 4.31. The van der Waals surface area contributed by atoms with Crippen LogP contribution in [0.25, 0.3) is 10.9 Å². The van der Waals surface area contributed by atoms with E-state index in [0.717, 1.165) is 6.07 Å². The van der Waals surface area contributed by atoms with Crippen LogP contribution >= 0.6 is 0 Å². The number of nitrogens with one attached hydrogen (secondary N) is 1. The van der Waals surface area contributed by atoms with Gasteiger partial charge in [-0.25, -0.2) is 0 Å². The number of rotatable bonds is 1. The van der Waals surface area contributed by atoms with Crippen molar-refractivity contribution in [1.29, 1.82) is 0 Å². The van der Waals surface area contributed by atoms with Gasteiger partial charge >= 0.3 is 13.3 Å². The fourth-order valence-corrected chi connectivity index (χ4v) is 1.40. The van der Waals surface area contributed by atoms with Crippen LogP contribution in [0.15, 0.2) is 18.2 Å². The molecule has 0 saturated heterocycles. The van der Waals surface area contributed by atoms with Crippen LogP contribution in [0.5, 0.6) is 0 Å². The molecule has 3 N–H and O–H groups in total. The maximum absolute atomic E-state index is 12.5. The number of nitrogens with zero attached hydrogens (tertiary/aromatic N) is 1. The Bertz CT molecular complexity index is 523. The Morgan fingerprint density at radius 1 is 1.25 bits per heavy atom. The zero-order valence-corrected chi connectivity index (χ0v) is 7.78. The third kappa shape index (κ3) is 1.77. The van der Waals surface area contributed by atoms with Gasteiger partial charge in [0.15, 0.2) is 0 Å². The number of alkyl halides is 3. The molecule has 0 amide bonds. The minimum absolute atomic E-state index is 0.0144. The summed E-state index contributed by atoms with van der Waals surface area (Å²) >= 11 is 0. The summed E-state index contributed by atoms with van der Waals surface area (Å²) in [6.45, 7) is 0. The van der Waals surface area contributed by atoms with Gasteiger partial charge in [-0.05, 0) is 11.5 Å². The van der Waals surface area contributed by atoms with Crippen LogP contribution in [-0.4, -0.2) is 27.4 Å². The van der Waals surface area contributed by atoms with Gasteiger partial charge in [-0.15, -0.1) is 0 Å². The van der Waals surface area contributed by atoms with E-state index in [0.29, 0.717) is 0 Å². The predicted octanol–water partition coefficient (Wildman–Crippen LogP) is 0.261. The van der Waals surface area contributed by atoms with Crippen molar-refractivity contribution in [2.24, 2.45) is 0 Å². The first-order chi connectivity index (χ1) is 7.39. The first-order valence-corrected chi connectivity index (χ1v) is 4.31. The first kappa shape index (κ1) is 11.0. The molecular formula is C8H6BF3N2O2. The number of hydrogen-bond donors (Lipinski definition) is 3. The molecule has 8 heteroatoms. The van der Waals surface area contributed by atoms with Crippen molar-refractivity contribution in [3.8, 4) is 0 Å². The third-order valence-electron chi connectivity index (χ3n) is 2.16. The minimum Gasteiger partial charge on any atom is -0.423 e. The molecule has 4 nitrogen and oxygen atoms in total. The zero-order valence-electron chi connectivity index (χ0n) is 7.78. The summed E-state index contributed by atoms with van der Waals surface area (Å²) in [5, 5.41) is 22.9. The smallest absolute Gasteiger partial charge is 0.423 e. The Morgan fingerprint density at radius 2 is 1.94 bits per heavy atom. The van der Waals surface area contributed by atoms with Gasteiger partial charge in [0.05, 0.1) is 5.52 Å². The average Bonchev–Trinajstić information content (AvgIpc) is 2.58. The topological polar surface area (TPSA) is 69.1 Å². The Kier molecular flexibility index (Phi) is 2.40. The van der Waals surface area contributed by atoms with Crippen molar-refractivity contribution in [2.75, 3.05) is 0 Å². The minimum atomic E-state index is -4.55. The Labute approximate surface area is 87.9 Å². The molecule has 2 aromatic rings. The normalized spacial score (nSPS) is 12.1. The molecular weight excluding hydrogens is 224 g/mol. The van der Waals surface area contributed by atoms with E-state index in [-0.39, 0.29) is 16.4 Å². The molecule has 0 bridgehead atoms. The van der Waals surface area contributed by atoms with Gasteiger partial charge in [0.25, 0.3) is 0 Å². The van der Waals surface area contributed by atoms with Gasteiger partial charge in [0.2, 0.25) is 0 Å². The summed E-state index contributed by atoms with van der Waals surface area (Å²) in [4.78, 5) is 0. The van der Waals surface area contributed by atoms with E-state index in [1.54, 1.807) is 0 Å². The Morgan fingerprint density at radius 3 is 2.50 bits per heavy atom. The number of aromatic nitrogens is 2. The summed E-state index contributed by atoms with van der Waals surface area (Å²) in [5.74, 6) is 0. The fraction of sp³-hybridized carbons (Fsp3) is 0.125. The standard InChI is InChI=1S/C8H6BF3N2O2/c10-8(11,12)7-5-3-4(9(15)16)1-2-6(5)13-14-7/h1-3,15-16H,(H,13,14). The molecule has 0 aliphatic heterocycles. The van der Waals surface area contributed by atoms with E-state index in [9.17, 15) is 13.2 Å². The van der Waals surface area contributed by atoms with Crippen LogP contribution in [-0.2, 0) is 6.18 Å². The van der Waals surface area contributed by atoms with E-state index >= 15 is 0 Å². The van der Waals surface area contributed by atoms with Gasteiger partial charge in [0, 0.05) is 5.39 Å². The lowest BCUT2D eigenvalue weighted by Crippen LogP contribution is -2.29. The van der Waals surface area contributed by atoms with Crippen molar-refractivity contribution in [2.45, 2.75) is 6.18 Å². The monoisotopic (exact) mass is 230 g/mol. The molecule has 1 aromatic carbocycles. The van der Waals surface area contributed by atoms with Gasteiger partial charge < -0.3 is 10.0 Å². The third-order valence-corrected chi connectivity index (χ3v) is 2.16. The molecule has 0 aliphatic carbocycles. The van der Waals surface area contributed by atoms with Gasteiger partial charge in [0.1, 0.15) is 5.69 Å². The van der Waals surface area contributed by atoms with Crippen LogP contribution in [0.1, 0.15) is 5.69 Å². The van der Waals surface area contributed by atoms with E-state index in [2.05, 4.69) is 5.10 Å². The second-order valence-corrected chi connectivity index (χ2v) is 3.25. The lowest BCUT2D eigenvalue weighted by molar-refractivity contribution is -0.139. The molecule has 84 valence electrons. The van der Waals surface area contributed by atoms with Crippen molar-refractivity contribution >= 4 is 23.5 Å². The average molecular weight is 230 g/mol. The summed E-state index contributed by atoms with van der Waals surface area (Å²) in [6, 6.07) is 3.64. The highest BCUT2D eigenvalue weighted by Gasteiger charge is 2.35. The van der Waals surface area contributed by atoms with Crippen LogP contribution < -0.4 is 5.46 Å². The van der Waals surface area contributed by atoms with E-state index in [4.69, 9.17) is 10.0 Å². The number of hydrogen-bond acceptors (Lipinski definition) is 3. The maximum atomic E-state index is 12.5. The number of H-pyrrole nitrogens is 1. The summed E-state index contributed by atoms with van der Waals surface area (Å²) < 4.78 is 37.5. The van der Waals surface area contributed by atoms with Crippen molar-refractivity contribution in [3.05, 3.63) is 23.9 Å². The van der Waals surface area contributed by atoms with Gasteiger partial charge in [-0.2, -0.15) is 18.3 Å². The number of aromatic amines is 1. The van der Waals surface area contributed by atoms with Crippen LogP contribution in [0, 0.1) is 0 Å². The zero-order chi connectivity index (χ0) is 11.9. The van der Waals surface area contributed by atoms with E-state index in [1.165, 1.54) is 12.1 Å². The van der Waals surface area contributed by atoms with Crippen molar-refractivity contribution < 1.29 is 23.2 Å².